The van der Waals surface area contributed by atoms with Gasteiger partial charge < -0.3 is 20.3 Å². The second kappa shape index (κ2) is 9.47. The lowest BCUT2D eigenvalue weighted by atomic mass is 10.2. The van der Waals surface area contributed by atoms with Crippen molar-refractivity contribution in [2.45, 2.75) is 18.6 Å². The van der Waals surface area contributed by atoms with Gasteiger partial charge in [0.15, 0.2) is 0 Å². The van der Waals surface area contributed by atoms with Crippen LogP contribution >= 0.6 is 23.2 Å². The molecule has 150 valence electrons. The normalized spacial score (nSPS) is 18.0. The van der Waals surface area contributed by atoms with Gasteiger partial charge in [-0.25, -0.2) is 0 Å². The van der Waals surface area contributed by atoms with Gasteiger partial charge in [-0.1, -0.05) is 35.3 Å². The quantitative estimate of drug-likeness (QED) is 0.680. The van der Waals surface area contributed by atoms with Crippen molar-refractivity contribution in [3.63, 3.8) is 0 Å². The molecule has 0 saturated carbocycles. The van der Waals surface area contributed by atoms with Gasteiger partial charge in [0.05, 0.1) is 15.6 Å². The second-order valence-corrected chi connectivity index (χ2v) is 7.50. The molecule has 1 saturated heterocycles. The molecule has 28 heavy (non-hydrogen) atoms. The van der Waals surface area contributed by atoms with Crippen LogP contribution in [0.2, 0.25) is 10.0 Å². The molecule has 0 aromatic heterocycles. The Morgan fingerprint density at radius 1 is 1.25 bits per heavy atom. The van der Waals surface area contributed by atoms with Crippen LogP contribution in [0.1, 0.15) is 16.8 Å². The van der Waals surface area contributed by atoms with Gasteiger partial charge in [-0.05, 0) is 30.7 Å². The highest BCUT2D eigenvalue weighted by Crippen LogP contribution is 2.28. The number of aliphatic hydroxyl groups excluding tert-OH is 1. The number of hydrogen-bond donors (Lipinski definition) is 2. The van der Waals surface area contributed by atoms with E-state index in [0.29, 0.717) is 40.2 Å². The molecule has 8 heteroatoms. The maximum atomic E-state index is 11.4. The minimum Gasteiger partial charge on any atom is -0.490 e. The van der Waals surface area contributed by atoms with Gasteiger partial charge in [-0.15, -0.1) is 0 Å². The number of para-hydroxylation sites is 1. The second-order valence-electron chi connectivity index (χ2n) is 6.69. The van der Waals surface area contributed by atoms with E-state index < -0.39 is 12.0 Å². The van der Waals surface area contributed by atoms with Crippen molar-refractivity contribution in [3.05, 3.63) is 58.1 Å². The van der Waals surface area contributed by atoms with Crippen LogP contribution in [0.15, 0.2) is 42.5 Å². The molecule has 2 aromatic carbocycles. The Morgan fingerprint density at radius 3 is 2.79 bits per heavy atom. The van der Waals surface area contributed by atoms with Crippen molar-refractivity contribution in [1.82, 2.24) is 4.90 Å². The van der Waals surface area contributed by atoms with Crippen molar-refractivity contribution in [2.75, 3.05) is 26.2 Å². The van der Waals surface area contributed by atoms with Crippen LogP contribution in [0.25, 0.3) is 0 Å². The predicted octanol–water partition coefficient (Wildman–Crippen LogP) is 2.99. The zero-order valence-corrected chi connectivity index (χ0v) is 16.7. The van der Waals surface area contributed by atoms with Gasteiger partial charge in [-0.2, -0.15) is 0 Å². The summed E-state index contributed by atoms with van der Waals surface area (Å²) in [4.78, 5) is 13.5. The van der Waals surface area contributed by atoms with E-state index in [2.05, 4.69) is 4.90 Å². The third-order valence-electron chi connectivity index (χ3n) is 4.48. The fourth-order valence-corrected chi connectivity index (χ4v) is 3.42. The summed E-state index contributed by atoms with van der Waals surface area (Å²) in [5.74, 6) is 0.483. The molecule has 1 aliphatic rings. The Morgan fingerprint density at radius 2 is 2.04 bits per heavy atom. The number of ether oxygens (including phenoxy) is 2. The van der Waals surface area contributed by atoms with Crippen LogP contribution in [0, 0.1) is 0 Å². The molecule has 3 rings (SSSR count). The highest BCUT2D eigenvalue weighted by molar-refractivity contribution is 6.42. The molecule has 2 unspecified atom stereocenters. The van der Waals surface area contributed by atoms with Gasteiger partial charge in [0.1, 0.15) is 30.3 Å². The first kappa shape index (κ1) is 20.7. The number of aliphatic hydroxyl groups is 1. The third kappa shape index (κ3) is 5.52. The fourth-order valence-electron chi connectivity index (χ4n) is 3.13. The van der Waals surface area contributed by atoms with Crippen molar-refractivity contribution in [1.29, 1.82) is 0 Å². The molecule has 1 heterocycles. The Hall–Kier alpha value is -1.99. The Bertz CT molecular complexity index is 834. The number of nitrogens with two attached hydrogens (primary N) is 1. The van der Waals surface area contributed by atoms with E-state index in [1.807, 2.05) is 0 Å². The van der Waals surface area contributed by atoms with E-state index in [4.69, 9.17) is 38.4 Å². The Labute approximate surface area is 173 Å². The van der Waals surface area contributed by atoms with E-state index in [9.17, 15) is 9.90 Å². The number of benzene rings is 2. The lowest BCUT2D eigenvalue weighted by molar-refractivity contribution is 0.0711. The third-order valence-corrected chi connectivity index (χ3v) is 5.21. The maximum absolute atomic E-state index is 11.4. The number of amides is 1. The molecule has 2 atom stereocenters. The summed E-state index contributed by atoms with van der Waals surface area (Å²) in [7, 11) is 0. The molecule has 1 amide bonds. The summed E-state index contributed by atoms with van der Waals surface area (Å²) in [6.07, 6.45) is 0.156. The minimum absolute atomic E-state index is 0.0148. The van der Waals surface area contributed by atoms with Gasteiger partial charge in [0.2, 0.25) is 0 Å². The molecule has 0 radical (unpaired) electrons. The van der Waals surface area contributed by atoms with E-state index in [1.54, 1.807) is 42.5 Å². The molecule has 1 aliphatic heterocycles. The van der Waals surface area contributed by atoms with Gasteiger partial charge in [-0.3, -0.25) is 9.69 Å². The largest absolute Gasteiger partial charge is 0.490 e. The van der Waals surface area contributed by atoms with E-state index in [-0.39, 0.29) is 12.7 Å². The molecular weight excluding hydrogens is 403 g/mol. The van der Waals surface area contributed by atoms with Crippen LogP contribution < -0.4 is 15.2 Å². The van der Waals surface area contributed by atoms with Crippen LogP contribution in [0.3, 0.4) is 0 Å². The first-order valence-corrected chi connectivity index (χ1v) is 9.71. The maximum Gasteiger partial charge on any atom is 0.252 e. The SMILES string of the molecule is NC(=O)c1ccccc1OCC(O)CN1CCC(Oc2ccc(Cl)c(Cl)c2)C1. The predicted molar refractivity (Wildman–Crippen MR) is 108 cm³/mol. The molecular formula is C20H22Cl2N2O4. The zero-order chi connectivity index (χ0) is 20.1. The molecule has 0 spiro atoms. The van der Waals surface area contributed by atoms with Gasteiger partial charge >= 0.3 is 0 Å². The molecule has 6 nitrogen and oxygen atoms in total. The van der Waals surface area contributed by atoms with Gasteiger partial charge in [0, 0.05) is 25.7 Å². The summed E-state index contributed by atoms with van der Waals surface area (Å²) in [5.41, 5.74) is 5.63. The smallest absolute Gasteiger partial charge is 0.252 e. The Kier molecular flexibility index (Phi) is 7.02. The number of hydrogen-bond acceptors (Lipinski definition) is 5. The number of rotatable bonds is 8. The van der Waals surface area contributed by atoms with Crippen molar-refractivity contribution in [3.8, 4) is 11.5 Å². The average Bonchev–Trinajstić information content (AvgIpc) is 3.10. The molecule has 2 aromatic rings. The van der Waals surface area contributed by atoms with Crippen LogP contribution in [0.4, 0.5) is 0 Å². The lowest BCUT2D eigenvalue weighted by Gasteiger charge is -2.21. The molecule has 3 N–H and O–H groups in total. The lowest BCUT2D eigenvalue weighted by Crippen LogP contribution is -2.35. The summed E-state index contributed by atoms with van der Waals surface area (Å²) in [6.45, 7) is 2.01. The number of likely N-dealkylation sites (tertiary alicyclic amines) is 1. The van der Waals surface area contributed by atoms with Crippen molar-refractivity contribution >= 4 is 29.1 Å². The standard InChI is InChI=1S/C20H22Cl2N2O4/c21-17-6-5-14(9-18(17)22)28-15-7-8-24(11-15)10-13(25)12-27-19-4-2-1-3-16(19)20(23)26/h1-6,9,13,15,25H,7-8,10-12H2,(H2,23,26). The first-order valence-electron chi connectivity index (χ1n) is 8.96. The van der Waals surface area contributed by atoms with Crippen LogP contribution in [-0.4, -0.2) is 54.4 Å². The molecule has 0 bridgehead atoms. The average molecular weight is 425 g/mol. The number of nitrogens with zero attached hydrogens (tertiary/aromatic N) is 1. The summed E-state index contributed by atoms with van der Waals surface area (Å²) < 4.78 is 11.5. The highest BCUT2D eigenvalue weighted by atomic mass is 35.5. The summed E-state index contributed by atoms with van der Waals surface area (Å²) >= 11 is 11.9. The molecule has 0 aliphatic carbocycles. The number of β-amino-alcohol motifs (C(OH)–C–C–N with tert-alkyl or cyclic N) is 1. The summed E-state index contributed by atoms with van der Waals surface area (Å²) in [5, 5.41) is 11.2. The van der Waals surface area contributed by atoms with Crippen LogP contribution in [-0.2, 0) is 0 Å². The summed E-state index contributed by atoms with van der Waals surface area (Å²) in [6, 6.07) is 11.9. The highest BCUT2D eigenvalue weighted by Gasteiger charge is 2.26. The zero-order valence-electron chi connectivity index (χ0n) is 15.2. The minimum atomic E-state index is -0.704. The van der Waals surface area contributed by atoms with Crippen molar-refractivity contribution < 1.29 is 19.4 Å². The number of primary amides is 1. The van der Waals surface area contributed by atoms with E-state index in [1.165, 1.54) is 0 Å². The Balaban J connectivity index is 1.46. The van der Waals surface area contributed by atoms with Crippen molar-refractivity contribution in [2.24, 2.45) is 5.73 Å². The monoisotopic (exact) mass is 424 g/mol. The number of carbonyl (C=O) groups excluding carboxylic acids is 1. The fraction of sp³-hybridized carbons (Fsp3) is 0.350. The first-order chi connectivity index (χ1) is 13.4. The number of carbonyl (C=O) groups is 1. The van der Waals surface area contributed by atoms with E-state index >= 15 is 0 Å². The van der Waals surface area contributed by atoms with Gasteiger partial charge in [0.25, 0.3) is 5.91 Å². The number of halogens is 2. The van der Waals surface area contributed by atoms with Crippen LogP contribution in [0.5, 0.6) is 11.5 Å². The topological polar surface area (TPSA) is 85.0 Å². The van der Waals surface area contributed by atoms with E-state index in [0.717, 1.165) is 13.0 Å². The molecule has 1 fully saturated rings.